The van der Waals surface area contributed by atoms with Crippen molar-refractivity contribution in [2.75, 3.05) is 13.7 Å². The third kappa shape index (κ3) is 5.69. The predicted molar refractivity (Wildman–Crippen MR) is 109 cm³/mol. The Balaban J connectivity index is 2.16. The Morgan fingerprint density at radius 3 is 2.23 bits per heavy atom. The van der Waals surface area contributed by atoms with Crippen molar-refractivity contribution < 1.29 is 31.5 Å². The molecule has 0 bridgehead atoms. The summed E-state index contributed by atoms with van der Waals surface area (Å²) >= 11 is 0. The molecule has 0 atom stereocenters. The molecule has 0 N–H and O–H groups in total. The topological polar surface area (TPSA) is 72.9 Å². The summed E-state index contributed by atoms with van der Waals surface area (Å²) in [4.78, 5) is 14.3. The van der Waals surface area contributed by atoms with E-state index in [1.165, 1.54) is 35.2 Å². The summed E-state index contributed by atoms with van der Waals surface area (Å²) in [6.45, 7) is 2.40. The number of hydrogen-bond donors (Lipinski definition) is 0. The van der Waals surface area contributed by atoms with E-state index in [4.69, 9.17) is 4.74 Å². The predicted octanol–water partition coefficient (Wildman–Crippen LogP) is 4.14. The van der Waals surface area contributed by atoms with Crippen molar-refractivity contribution in [2.45, 2.75) is 44.1 Å². The van der Waals surface area contributed by atoms with Gasteiger partial charge in [-0.25, -0.2) is 8.42 Å². The van der Waals surface area contributed by atoms with E-state index in [2.05, 4.69) is 4.74 Å². The number of benzene rings is 2. The molecule has 0 aliphatic carbocycles. The molecule has 0 unspecified atom stereocenters. The molecule has 164 valence electrons. The molecule has 9 heteroatoms. The van der Waals surface area contributed by atoms with E-state index < -0.39 is 21.7 Å². The maximum Gasteiger partial charge on any atom is 0.387 e. The molecule has 0 aromatic heterocycles. The van der Waals surface area contributed by atoms with Crippen LogP contribution in [0.25, 0.3) is 0 Å². The van der Waals surface area contributed by atoms with Gasteiger partial charge in [0.1, 0.15) is 0 Å². The molecule has 2 aromatic carbocycles. The van der Waals surface area contributed by atoms with Crippen molar-refractivity contribution in [1.82, 2.24) is 4.90 Å². The largest absolute Gasteiger partial charge is 0.490 e. The summed E-state index contributed by atoms with van der Waals surface area (Å²) in [6.07, 6.45) is 0. The van der Waals surface area contributed by atoms with E-state index in [1.54, 1.807) is 40.0 Å². The van der Waals surface area contributed by atoms with Crippen LogP contribution in [0.5, 0.6) is 11.5 Å². The molecule has 0 aliphatic rings. The second kappa shape index (κ2) is 9.88. The first kappa shape index (κ1) is 23.6. The van der Waals surface area contributed by atoms with Gasteiger partial charge in [-0.1, -0.05) is 6.07 Å². The van der Waals surface area contributed by atoms with Gasteiger partial charge in [0.2, 0.25) is 0 Å². The van der Waals surface area contributed by atoms with Crippen LogP contribution in [0, 0.1) is 0 Å². The summed E-state index contributed by atoms with van der Waals surface area (Å²) in [5, 5.41) is -0.557. The highest BCUT2D eigenvalue weighted by atomic mass is 32.2. The van der Waals surface area contributed by atoms with Crippen LogP contribution in [0.15, 0.2) is 47.4 Å². The van der Waals surface area contributed by atoms with Gasteiger partial charge in [0.15, 0.2) is 21.3 Å². The summed E-state index contributed by atoms with van der Waals surface area (Å²) < 4.78 is 59.2. The third-order valence-corrected chi connectivity index (χ3v) is 6.51. The van der Waals surface area contributed by atoms with Gasteiger partial charge in [0.25, 0.3) is 5.91 Å². The Morgan fingerprint density at radius 1 is 1.07 bits per heavy atom. The number of halogens is 2. The standard InChI is InChI=1S/C21H25F2NO5S/c1-5-28-19-12-15(6-11-18(19)29-21(22)23)13-24(4)20(25)16-7-9-17(10-8-16)30(26,27)14(2)3/h6-12,14,21H,5,13H2,1-4H3. The van der Waals surface area contributed by atoms with Gasteiger partial charge in [-0.15, -0.1) is 0 Å². The molecular weight excluding hydrogens is 416 g/mol. The van der Waals surface area contributed by atoms with E-state index in [-0.39, 0.29) is 35.5 Å². The summed E-state index contributed by atoms with van der Waals surface area (Å²) in [7, 11) is -1.83. The molecule has 0 aliphatic heterocycles. The van der Waals surface area contributed by atoms with Gasteiger partial charge in [-0.2, -0.15) is 8.78 Å². The third-order valence-electron chi connectivity index (χ3n) is 4.34. The summed E-state index contributed by atoms with van der Waals surface area (Å²) in [5.74, 6) is -0.222. The molecule has 6 nitrogen and oxygen atoms in total. The van der Waals surface area contributed by atoms with Gasteiger partial charge in [-0.05, 0) is 62.7 Å². The average molecular weight is 441 g/mol. The summed E-state index contributed by atoms with van der Waals surface area (Å²) in [5.41, 5.74) is 0.998. The van der Waals surface area contributed by atoms with E-state index >= 15 is 0 Å². The molecule has 2 rings (SSSR count). The number of hydrogen-bond acceptors (Lipinski definition) is 5. The molecule has 0 spiro atoms. The molecule has 0 heterocycles. The molecule has 30 heavy (non-hydrogen) atoms. The fourth-order valence-electron chi connectivity index (χ4n) is 2.74. The lowest BCUT2D eigenvalue weighted by molar-refractivity contribution is -0.0514. The Bertz CT molecular complexity index is 975. The minimum Gasteiger partial charge on any atom is -0.490 e. The number of rotatable bonds is 9. The van der Waals surface area contributed by atoms with Gasteiger partial charge >= 0.3 is 6.61 Å². The second-order valence-electron chi connectivity index (χ2n) is 6.87. The van der Waals surface area contributed by atoms with Crippen molar-refractivity contribution in [1.29, 1.82) is 0 Å². The molecule has 0 saturated heterocycles. The molecule has 1 amide bonds. The Morgan fingerprint density at radius 2 is 1.70 bits per heavy atom. The minimum atomic E-state index is -3.42. The van der Waals surface area contributed by atoms with E-state index in [1.807, 2.05) is 0 Å². The second-order valence-corrected chi connectivity index (χ2v) is 9.38. The lowest BCUT2D eigenvalue weighted by Gasteiger charge is -2.19. The SMILES string of the molecule is CCOc1cc(CN(C)C(=O)c2ccc(S(=O)(=O)C(C)C)cc2)ccc1OC(F)F. The zero-order chi connectivity index (χ0) is 22.5. The summed E-state index contributed by atoms with van der Waals surface area (Å²) in [6, 6.07) is 10.3. The fourth-order valence-corrected chi connectivity index (χ4v) is 3.80. The van der Waals surface area contributed by atoms with Crippen LogP contribution in [0.2, 0.25) is 0 Å². The van der Waals surface area contributed by atoms with Crippen LogP contribution in [0.4, 0.5) is 8.78 Å². The first-order valence-electron chi connectivity index (χ1n) is 9.36. The molecule has 0 fully saturated rings. The number of carbonyl (C=O) groups excluding carboxylic acids is 1. The quantitative estimate of drug-likeness (QED) is 0.585. The number of sulfone groups is 1. The van der Waals surface area contributed by atoms with Crippen molar-refractivity contribution in [3.8, 4) is 11.5 Å². The first-order valence-corrected chi connectivity index (χ1v) is 10.9. The highest BCUT2D eigenvalue weighted by Crippen LogP contribution is 2.30. The Labute approximate surface area is 175 Å². The van der Waals surface area contributed by atoms with Crippen LogP contribution in [-0.2, 0) is 16.4 Å². The van der Waals surface area contributed by atoms with Crippen molar-refractivity contribution in [3.63, 3.8) is 0 Å². The average Bonchev–Trinajstić information content (AvgIpc) is 2.69. The number of alkyl halides is 2. The minimum absolute atomic E-state index is 0.0773. The Kier molecular flexibility index (Phi) is 7.77. The lowest BCUT2D eigenvalue weighted by Crippen LogP contribution is -2.26. The molecule has 0 saturated carbocycles. The van der Waals surface area contributed by atoms with Gasteiger partial charge in [-0.3, -0.25) is 4.79 Å². The number of ether oxygens (including phenoxy) is 2. The normalized spacial score (nSPS) is 11.6. The van der Waals surface area contributed by atoms with Crippen LogP contribution < -0.4 is 9.47 Å². The maximum absolute atomic E-state index is 12.7. The highest BCUT2D eigenvalue weighted by molar-refractivity contribution is 7.92. The highest BCUT2D eigenvalue weighted by Gasteiger charge is 2.20. The molecule has 2 aromatic rings. The smallest absolute Gasteiger partial charge is 0.387 e. The van der Waals surface area contributed by atoms with Crippen LogP contribution >= 0.6 is 0 Å². The first-order chi connectivity index (χ1) is 14.1. The van der Waals surface area contributed by atoms with Gasteiger partial charge in [0.05, 0.1) is 16.8 Å². The van der Waals surface area contributed by atoms with E-state index in [9.17, 15) is 22.0 Å². The van der Waals surface area contributed by atoms with E-state index in [0.717, 1.165) is 0 Å². The Hall–Kier alpha value is -2.68. The van der Waals surface area contributed by atoms with Crippen LogP contribution in [0.3, 0.4) is 0 Å². The zero-order valence-electron chi connectivity index (χ0n) is 17.3. The monoisotopic (exact) mass is 441 g/mol. The molecular formula is C21H25F2NO5S. The number of nitrogens with zero attached hydrogens (tertiary/aromatic N) is 1. The number of amides is 1. The van der Waals surface area contributed by atoms with Gasteiger partial charge in [0, 0.05) is 19.2 Å². The zero-order valence-corrected chi connectivity index (χ0v) is 18.1. The van der Waals surface area contributed by atoms with E-state index in [0.29, 0.717) is 11.1 Å². The van der Waals surface area contributed by atoms with Crippen molar-refractivity contribution in [2.24, 2.45) is 0 Å². The van der Waals surface area contributed by atoms with Crippen molar-refractivity contribution in [3.05, 3.63) is 53.6 Å². The van der Waals surface area contributed by atoms with Crippen molar-refractivity contribution >= 4 is 15.7 Å². The molecule has 0 radical (unpaired) electrons. The maximum atomic E-state index is 12.7. The number of carbonyl (C=O) groups is 1. The lowest BCUT2D eigenvalue weighted by atomic mass is 10.1. The van der Waals surface area contributed by atoms with Crippen LogP contribution in [0.1, 0.15) is 36.7 Å². The fraction of sp³-hybridized carbons (Fsp3) is 0.381. The van der Waals surface area contributed by atoms with Gasteiger partial charge < -0.3 is 14.4 Å². The van der Waals surface area contributed by atoms with Crippen LogP contribution in [-0.4, -0.2) is 44.7 Å².